The van der Waals surface area contributed by atoms with Gasteiger partial charge in [0.05, 0.1) is 19.5 Å². The lowest BCUT2D eigenvalue weighted by molar-refractivity contribution is -0.138. The van der Waals surface area contributed by atoms with E-state index < -0.39 is 17.3 Å². The van der Waals surface area contributed by atoms with Crippen molar-refractivity contribution in [1.29, 1.82) is 0 Å². The van der Waals surface area contributed by atoms with Crippen molar-refractivity contribution >= 4 is 17.1 Å². The summed E-state index contributed by atoms with van der Waals surface area (Å²) in [6.07, 6.45) is 1.44. The maximum atomic E-state index is 12.6. The number of amides is 1. The molecular weight excluding hydrogens is 302 g/mol. The molecule has 1 saturated heterocycles. The number of carbonyl (C=O) groups excluding carboxylic acids is 1. The second kappa shape index (κ2) is 5.65. The third kappa shape index (κ3) is 2.37. The highest BCUT2D eigenvalue weighted by Gasteiger charge is 2.26. The van der Waals surface area contributed by atoms with Crippen LogP contribution in [0.5, 0.6) is 0 Å². The fraction of sp³-hybridized carbons (Fsp3) is 0.571. The van der Waals surface area contributed by atoms with E-state index in [9.17, 15) is 14.4 Å². The van der Waals surface area contributed by atoms with Gasteiger partial charge in [-0.3, -0.25) is 18.7 Å². The average Bonchev–Trinajstić information content (AvgIpc) is 3.02. The molecule has 1 amide bonds. The Hall–Kier alpha value is -2.42. The first-order valence-corrected chi connectivity index (χ1v) is 7.42. The molecule has 0 bridgehead atoms. The number of hydrogen-bond donors (Lipinski definition) is 0. The van der Waals surface area contributed by atoms with Crippen LogP contribution < -0.4 is 11.2 Å². The van der Waals surface area contributed by atoms with Crippen LogP contribution in [0.25, 0.3) is 11.2 Å². The summed E-state index contributed by atoms with van der Waals surface area (Å²) in [5.74, 6) is -0.0940. The zero-order valence-corrected chi connectivity index (χ0v) is 13.4. The predicted molar refractivity (Wildman–Crippen MR) is 82.3 cm³/mol. The third-order valence-electron chi connectivity index (χ3n) is 4.27. The van der Waals surface area contributed by atoms with Crippen molar-refractivity contribution in [1.82, 2.24) is 23.6 Å². The topological polar surface area (TPSA) is 91.4 Å². The summed E-state index contributed by atoms with van der Waals surface area (Å²) in [4.78, 5) is 42.9. The first-order chi connectivity index (χ1) is 10.9. The Bertz CT molecular complexity index is 872. The number of fused-ring (bicyclic) bond motifs is 1. The molecule has 0 spiro atoms. The molecule has 2 aromatic heterocycles. The first kappa shape index (κ1) is 15.5. The molecule has 2 aromatic rings. The van der Waals surface area contributed by atoms with Crippen molar-refractivity contribution in [2.75, 3.05) is 26.3 Å². The Morgan fingerprint density at radius 3 is 2.52 bits per heavy atom. The molecule has 23 heavy (non-hydrogen) atoms. The van der Waals surface area contributed by atoms with Crippen molar-refractivity contribution in [3.63, 3.8) is 0 Å². The van der Waals surface area contributed by atoms with Gasteiger partial charge in [0.15, 0.2) is 11.2 Å². The van der Waals surface area contributed by atoms with Crippen molar-refractivity contribution in [2.45, 2.75) is 13.0 Å². The van der Waals surface area contributed by atoms with Crippen LogP contribution in [0.3, 0.4) is 0 Å². The van der Waals surface area contributed by atoms with Gasteiger partial charge >= 0.3 is 5.69 Å². The number of hydrogen-bond acceptors (Lipinski definition) is 5. The summed E-state index contributed by atoms with van der Waals surface area (Å²) in [5, 5.41) is 0. The molecule has 1 unspecified atom stereocenters. The number of nitrogens with zero attached hydrogens (tertiary/aromatic N) is 5. The number of aryl methyl sites for hydroxylation is 1. The second-order valence-corrected chi connectivity index (χ2v) is 5.64. The van der Waals surface area contributed by atoms with Gasteiger partial charge in [-0.2, -0.15) is 0 Å². The Morgan fingerprint density at radius 2 is 1.87 bits per heavy atom. The zero-order chi connectivity index (χ0) is 16.7. The number of rotatable bonds is 2. The van der Waals surface area contributed by atoms with E-state index in [0.29, 0.717) is 26.3 Å². The summed E-state index contributed by atoms with van der Waals surface area (Å²) >= 11 is 0. The third-order valence-corrected chi connectivity index (χ3v) is 4.27. The van der Waals surface area contributed by atoms with E-state index in [1.54, 1.807) is 18.9 Å². The van der Waals surface area contributed by atoms with E-state index in [0.717, 1.165) is 4.57 Å². The summed E-state index contributed by atoms with van der Waals surface area (Å²) in [5.41, 5.74) is -0.370. The van der Waals surface area contributed by atoms with Crippen LogP contribution in [0.1, 0.15) is 13.0 Å². The van der Waals surface area contributed by atoms with Gasteiger partial charge in [0, 0.05) is 27.2 Å². The van der Waals surface area contributed by atoms with Crippen LogP contribution in [0.15, 0.2) is 15.9 Å². The van der Waals surface area contributed by atoms with Gasteiger partial charge in [-0.25, -0.2) is 9.78 Å². The van der Waals surface area contributed by atoms with Gasteiger partial charge in [0.2, 0.25) is 5.91 Å². The molecule has 124 valence electrons. The van der Waals surface area contributed by atoms with E-state index in [4.69, 9.17) is 4.74 Å². The monoisotopic (exact) mass is 321 g/mol. The zero-order valence-electron chi connectivity index (χ0n) is 13.4. The molecule has 1 aliphatic heterocycles. The van der Waals surface area contributed by atoms with E-state index in [2.05, 4.69) is 4.98 Å². The van der Waals surface area contributed by atoms with E-state index in [1.165, 1.54) is 22.5 Å². The van der Waals surface area contributed by atoms with E-state index in [1.807, 2.05) is 0 Å². The van der Waals surface area contributed by atoms with Crippen LogP contribution in [0, 0.1) is 0 Å². The highest BCUT2D eigenvalue weighted by Crippen LogP contribution is 2.16. The maximum Gasteiger partial charge on any atom is 0.332 e. The minimum atomic E-state index is -0.580. The Kier molecular flexibility index (Phi) is 3.80. The normalized spacial score (nSPS) is 16.7. The lowest BCUT2D eigenvalue weighted by atomic mass is 10.2. The number of carbonyl (C=O) groups is 1. The number of aromatic nitrogens is 4. The van der Waals surface area contributed by atoms with Crippen molar-refractivity contribution in [3.8, 4) is 0 Å². The molecule has 0 radical (unpaired) electrons. The van der Waals surface area contributed by atoms with Gasteiger partial charge < -0.3 is 14.2 Å². The fourth-order valence-electron chi connectivity index (χ4n) is 2.82. The lowest BCUT2D eigenvalue weighted by Gasteiger charge is -2.29. The molecule has 0 aromatic carbocycles. The highest BCUT2D eigenvalue weighted by molar-refractivity contribution is 5.82. The Balaban J connectivity index is 2.08. The van der Waals surface area contributed by atoms with Gasteiger partial charge in [-0.1, -0.05) is 0 Å². The summed E-state index contributed by atoms with van der Waals surface area (Å²) in [7, 11) is 2.96. The summed E-state index contributed by atoms with van der Waals surface area (Å²) in [6.45, 7) is 3.82. The Labute approximate surface area is 131 Å². The largest absolute Gasteiger partial charge is 0.378 e. The van der Waals surface area contributed by atoms with Crippen LogP contribution in [-0.2, 0) is 23.6 Å². The standard InChI is InChI=1S/C14H19N5O4/c1-9(12(20)18-4-6-23-7-5-18)19-8-15-11-10(19)13(21)17(3)14(22)16(11)2/h8-9H,4-7H2,1-3H3. The smallest absolute Gasteiger partial charge is 0.332 e. The van der Waals surface area contributed by atoms with Crippen LogP contribution >= 0.6 is 0 Å². The molecule has 0 saturated carbocycles. The molecule has 3 rings (SSSR count). The highest BCUT2D eigenvalue weighted by atomic mass is 16.5. The van der Waals surface area contributed by atoms with Crippen molar-refractivity contribution in [3.05, 3.63) is 27.2 Å². The first-order valence-electron chi connectivity index (χ1n) is 7.42. The van der Waals surface area contributed by atoms with Gasteiger partial charge in [0.25, 0.3) is 5.56 Å². The number of ether oxygens (including phenoxy) is 1. The fourth-order valence-corrected chi connectivity index (χ4v) is 2.82. The molecule has 0 aliphatic carbocycles. The molecule has 9 heteroatoms. The Morgan fingerprint density at radius 1 is 1.22 bits per heavy atom. The molecule has 0 N–H and O–H groups in total. The van der Waals surface area contributed by atoms with Crippen LogP contribution in [-0.4, -0.2) is 55.8 Å². The van der Waals surface area contributed by atoms with Crippen molar-refractivity contribution < 1.29 is 9.53 Å². The molecule has 9 nitrogen and oxygen atoms in total. The number of imidazole rings is 1. The molecule has 1 fully saturated rings. The average molecular weight is 321 g/mol. The molecule has 3 heterocycles. The minimum absolute atomic E-state index is 0.0940. The van der Waals surface area contributed by atoms with Crippen molar-refractivity contribution in [2.24, 2.45) is 14.1 Å². The van der Waals surface area contributed by atoms with Crippen LogP contribution in [0.4, 0.5) is 0 Å². The van der Waals surface area contributed by atoms with Gasteiger partial charge in [-0.15, -0.1) is 0 Å². The minimum Gasteiger partial charge on any atom is -0.378 e. The summed E-state index contributed by atoms with van der Waals surface area (Å²) in [6, 6.07) is -0.580. The second-order valence-electron chi connectivity index (χ2n) is 5.64. The molecule has 1 aliphatic rings. The molecule has 1 atom stereocenters. The van der Waals surface area contributed by atoms with E-state index >= 15 is 0 Å². The molecular formula is C14H19N5O4. The number of morpholine rings is 1. The van der Waals surface area contributed by atoms with Gasteiger partial charge in [0.1, 0.15) is 6.04 Å². The maximum absolute atomic E-state index is 12.6. The lowest BCUT2D eigenvalue weighted by Crippen LogP contribution is -2.44. The van der Waals surface area contributed by atoms with E-state index in [-0.39, 0.29) is 17.1 Å². The quantitative estimate of drug-likeness (QED) is 0.697. The SMILES string of the molecule is CC(C(=O)N1CCOCC1)n1cnc2c1c(=O)n(C)c(=O)n2C. The van der Waals surface area contributed by atoms with Gasteiger partial charge in [-0.05, 0) is 6.92 Å². The van der Waals surface area contributed by atoms with Crippen LogP contribution in [0.2, 0.25) is 0 Å². The predicted octanol–water partition coefficient (Wildman–Crippen LogP) is -1.15. The summed E-state index contributed by atoms with van der Waals surface area (Å²) < 4.78 is 9.11.